The second kappa shape index (κ2) is 12.2. The van der Waals surface area contributed by atoms with Crippen molar-refractivity contribution >= 4 is 88.4 Å². The molecule has 6 aromatic carbocycles. The van der Waals surface area contributed by atoms with E-state index in [0.717, 1.165) is 62.8 Å². The van der Waals surface area contributed by atoms with E-state index in [2.05, 4.69) is 0 Å². The van der Waals surface area contributed by atoms with Crippen molar-refractivity contribution in [2.45, 2.75) is 14.7 Å². The molecule has 0 aromatic heterocycles. The van der Waals surface area contributed by atoms with Gasteiger partial charge in [-0.25, -0.2) is 12.6 Å². The van der Waals surface area contributed by atoms with E-state index in [9.17, 15) is 12.6 Å². The zero-order valence-corrected chi connectivity index (χ0v) is 29.7. The molecule has 3 aliphatic rings. The van der Waals surface area contributed by atoms with E-state index >= 15 is 4.57 Å². The van der Waals surface area contributed by atoms with E-state index in [0.29, 0.717) is 15.9 Å². The summed E-state index contributed by atoms with van der Waals surface area (Å²) in [5.41, 5.74) is 5.26. The third-order valence-corrected chi connectivity index (χ3v) is 17.0. The van der Waals surface area contributed by atoms with Crippen LogP contribution in [0.5, 0.6) is 0 Å². The van der Waals surface area contributed by atoms with Crippen LogP contribution in [0.1, 0.15) is 33.4 Å². The Morgan fingerprint density at radius 2 is 0.600 bits per heavy atom. The Kier molecular flexibility index (Phi) is 7.63. The Labute approximate surface area is 297 Å². The van der Waals surface area contributed by atoms with Crippen LogP contribution in [-0.4, -0.2) is 12.6 Å². The Morgan fingerprint density at radius 3 is 0.860 bits per heavy atom. The van der Waals surface area contributed by atoms with Crippen LogP contribution in [0.4, 0.5) is 0 Å². The minimum absolute atomic E-state index is 0.635. The molecule has 0 aliphatic carbocycles. The van der Waals surface area contributed by atoms with Crippen molar-refractivity contribution in [3.05, 3.63) is 179 Å². The van der Waals surface area contributed by atoms with Crippen molar-refractivity contribution in [3.8, 4) is 0 Å². The van der Waals surface area contributed by atoms with E-state index in [1.807, 2.05) is 164 Å². The fourth-order valence-corrected chi connectivity index (χ4v) is 13.5. The molecule has 0 spiro atoms. The molecule has 50 heavy (non-hydrogen) atoms. The molecule has 9 rings (SSSR count). The zero-order chi connectivity index (χ0) is 34.0. The van der Waals surface area contributed by atoms with Crippen LogP contribution in [-0.2, 0) is 37.0 Å². The van der Waals surface area contributed by atoms with Gasteiger partial charge in [-0.1, -0.05) is 127 Å². The first-order valence-corrected chi connectivity index (χ1v) is 21.2. The van der Waals surface area contributed by atoms with E-state index in [1.165, 1.54) is 0 Å². The third-order valence-electron chi connectivity index (χ3n) is 9.36. The van der Waals surface area contributed by atoms with Crippen molar-refractivity contribution in [3.63, 3.8) is 0 Å². The predicted octanol–water partition coefficient (Wildman–Crippen LogP) is 8.18. The molecule has 0 saturated heterocycles. The summed E-state index contributed by atoms with van der Waals surface area (Å²) in [6, 6.07) is 45.6. The molecule has 242 valence electrons. The molecule has 3 aliphatic heterocycles. The highest BCUT2D eigenvalue weighted by Gasteiger charge is 2.32. The highest BCUT2D eigenvalue weighted by molar-refractivity contribution is 7.96. The molecule has 4 nitrogen and oxygen atoms in total. The van der Waals surface area contributed by atoms with Gasteiger partial charge >= 0.3 is 0 Å². The number of hydrogen-bond acceptors (Lipinski definition) is 4. The highest BCUT2D eigenvalue weighted by atomic mass is 32.2. The summed E-state index contributed by atoms with van der Waals surface area (Å²) in [7, 11) is -7.33. The van der Waals surface area contributed by atoms with Gasteiger partial charge in [-0.05, 0) is 69.8 Å². The first kappa shape index (κ1) is 31.2. The van der Waals surface area contributed by atoms with Crippen LogP contribution < -0.4 is 15.9 Å². The van der Waals surface area contributed by atoms with Crippen LogP contribution in [0.3, 0.4) is 0 Å². The molecule has 0 fully saturated rings. The summed E-state index contributed by atoms with van der Waals surface area (Å²) in [4.78, 5) is 4.54. The molecule has 3 heterocycles. The van der Waals surface area contributed by atoms with Gasteiger partial charge in [-0.3, -0.25) is 0 Å². The van der Waals surface area contributed by atoms with E-state index in [1.54, 1.807) is 0 Å². The summed E-state index contributed by atoms with van der Waals surface area (Å²) in [5, 5.41) is 1.90. The van der Waals surface area contributed by atoms with E-state index in [4.69, 9.17) is 0 Å². The predicted molar refractivity (Wildman–Crippen MR) is 208 cm³/mol. The lowest BCUT2D eigenvalue weighted by atomic mass is 10.1. The molecule has 0 bridgehead atoms. The van der Waals surface area contributed by atoms with E-state index in [-0.39, 0.29) is 0 Å². The quantitative estimate of drug-likeness (QED) is 0.163. The normalized spacial score (nSPS) is 19.8. The van der Waals surface area contributed by atoms with E-state index < -0.39 is 39.5 Å². The number of fused-ring (bicyclic) bond motifs is 3. The SMILES string of the molecule is O=S1C(c2ccc(P(=O)(c3ccc(C4=Cc5ccccc5S4=O)cc3)c3ccc(C4=Cc5ccccc5S4=O)cc3)cc2)=Cc2ccccc21. The maximum absolute atomic E-state index is 15.6. The Bertz CT molecular complexity index is 2310. The minimum Gasteiger partial charge on any atom is -0.309 e. The lowest BCUT2D eigenvalue weighted by Crippen LogP contribution is -2.25. The van der Waals surface area contributed by atoms with Gasteiger partial charge < -0.3 is 4.57 Å². The van der Waals surface area contributed by atoms with Crippen LogP contribution in [0.15, 0.2) is 160 Å². The Hall–Kier alpha value is -4.78. The van der Waals surface area contributed by atoms with Gasteiger partial charge in [0, 0.05) is 15.9 Å². The fraction of sp³-hybridized carbons (Fsp3) is 0. The molecule has 3 unspecified atom stereocenters. The summed E-state index contributed by atoms with van der Waals surface area (Å²) in [6.07, 6.45) is 5.87. The molecule has 0 amide bonds. The maximum atomic E-state index is 15.6. The Balaban J connectivity index is 1.10. The van der Waals surface area contributed by atoms with Crippen LogP contribution in [0.25, 0.3) is 32.9 Å². The molecule has 6 aromatic rings. The van der Waals surface area contributed by atoms with Crippen molar-refractivity contribution < 1.29 is 17.2 Å². The topological polar surface area (TPSA) is 68.3 Å². The first-order chi connectivity index (χ1) is 24.4. The third kappa shape index (κ3) is 4.99. The Morgan fingerprint density at radius 1 is 0.340 bits per heavy atom. The van der Waals surface area contributed by atoms with Gasteiger partial charge in [0.1, 0.15) is 0 Å². The molecule has 0 N–H and O–H groups in total. The molecule has 0 saturated carbocycles. The van der Waals surface area contributed by atoms with Crippen molar-refractivity contribution in [1.29, 1.82) is 0 Å². The van der Waals surface area contributed by atoms with Gasteiger partial charge in [-0.2, -0.15) is 0 Å². The largest absolute Gasteiger partial charge is 0.309 e. The average Bonchev–Trinajstić information content (AvgIpc) is 3.82. The molecular formula is C42H27O4PS3. The lowest BCUT2D eigenvalue weighted by Gasteiger charge is -2.21. The monoisotopic (exact) mass is 722 g/mol. The van der Waals surface area contributed by atoms with Crippen molar-refractivity contribution in [1.82, 2.24) is 0 Å². The maximum Gasteiger partial charge on any atom is 0.171 e. The number of benzene rings is 6. The average molecular weight is 723 g/mol. The molecule has 3 atom stereocenters. The zero-order valence-electron chi connectivity index (χ0n) is 26.4. The minimum atomic E-state index is -3.44. The number of hydrogen-bond donors (Lipinski definition) is 0. The van der Waals surface area contributed by atoms with Crippen molar-refractivity contribution in [2.24, 2.45) is 0 Å². The van der Waals surface area contributed by atoms with Crippen LogP contribution >= 0.6 is 7.14 Å². The summed E-state index contributed by atoms with van der Waals surface area (Å²) < 4.78 is 55.6. The van der Waals surface area contributed by atoms with Crippen LogP contribution in [0, 0.1) is 0 Å². The first-order valence-electron chi connectivity index (χ1n) is 16.0. The number of rotatable bonds is 6. The fourth-order valence-electron chi connectivity index (χ4n) is 6.77. The second-order valence-electron chi connectivity index (χ2n) is 12.2. The summed E-state index contributed by atoms with van der Waals surface area (Å²) in [6.45, 7) is 0. The van der Waals surface area contributed by atoms with Crippen LogP contribution in [0.2, 0.25) is 0 Å². The van der Waals surface area contributed by atoms with Gasteiger partial charge in [0.05, 0.1) is 61.8 Å². The molecule has 8 heteroatoms. The second-order valence-corrected chi connectivity index (χ2v) is 19.2. The van der Waals surface area contributed by atoms with Gasteiger partial charge in [-0.15, -0.1) is 0 Å². The highest BCUT2D eigenvalue weighted by Crippen LogP contribution is 2.45. The smallest absolute Gasteiger partial charge is 0.171 e. The lowest BCUT2D eigenvalue weighted by molar-refractivity contribution is 0.592. The summed E-state index contributed by atoms with van der Waals surface area (Å²) >= 11 is 0. The van der Waals surface area contributed by atoms with Crippen molar-refractivity contribution in [2.75, 3.05) is 0 Å². The van der Waals surface area contributed by atoms with Gasteiger partial charge in [0.2, 0.25) is 0 Å². The van der Waals surface area contributed by atoms with Gasteiger partial charge in [0.25, 0.3) is 0 Å². The summed E-state index contributed by atoms with van der Waals surface area (Å²) in [5.74, 6) is 0. The standard InChI is InChI=1S/C42H27O4PS3/c43-47(34-19-13-28(14-20-34)40-25-31-7-1-4-10-37(31)48(40)44,35-21-15-29(16-22-35)41-26-32-8-2-5-11-38(32)49(41)45)36-23-17-30(18-24-36)42-27-33-9-3-6-12-39(33)50(42)46/h1-27H. The molecular weight excluding hydrogens is 696 g/mol. The molecule has 0 radical (unpaired) electrons. The van der Waals surface area contributed by atoms with Gasteiger partial charge in [0.15, 0.2) is 7.14 Å².